The predicted molar refractivity (Wildman–Crippen MR) is 159 cm³/mol. The van der Waals surface area contributed by atoms with Crippen LogP contribution < -0.4 is 9.47 Å². The highest BCUT2D eigenvalue weighted by molar-refractivity contribution is 5.94. The number of carbonyl (C=O) groups excluding carboxylic acids is 2. The number of hydrogen-bond acceptors (Lipinski definition) is 6. The van der Waals surface area contributed by atoms with Crippen molar-refractivity contribution in [3.63, 3.8) is 0 Å². The van der Waals surface area contributed by atoms with E-state index in [1.54, 1.807) is 19.1 Å². The van der Waals surface area contributed by atoms with Crippen LogP contribution in [0.5, 0.6) is 11.6 Å². The minimum atomic E-state index is -0.476. The molecule has 7 heteroatoms. The SMILES string of the molecule is COc1cc(-c2cc(C)c(C(=O)Oc3cccc([C@@H](CC(C)=O)C4CC4)c3)cc2CN(C(C)C)C(C)C)c(F)cn1. The van der Waals surface area contributed by atoms with Crippen LogP contribution in [-0.4, -0.2) is 40.8 Å². The Morgan fingerprint density at radius 3 is 2.37 bits per heavy atom. The zero-order valence-corrected chi connectivity index (χ0v) is 25.2. The standard InChI is InChI=1S/C34H41FN2O4/c1-20(2)37(21(3)4)19-26-16-28(22(5)13-30(26)31-17-33(40-7)36-18-32(31)35)34(39)41-27-10-8-9-25(15-27)29(14-23(6)38)24-11-12-24/h8-10,13,15-18,20-21,24,29H,11-12,14,19H2,1-7H3/t29-/m0/s1. The second-order valence-corrected chi connectivity index (χ2v) is 11.7. The van der Waals surface area contributed by atoms with Crippen LogP contribution in [0.4, 0.5) is 4.39 Å². The number of benzene rings is 2. The van der Waals surface area contributed by atoms with E-state index < -0.39 is 11.8 Å². The number of carbonyl (C=O) groups is 2. The molecule has 1 heterocycles. The van der Waals surface area contributed by atoms with E-state index in [-0.39, 0.29) is 23.8 Å². The molecular formula is C34H41FN2O4. The van der Waals surface area contributed by atoms with Gasteiger partial charge in [0.1, 0.15) is 17.3 Å². The molecule has 0 saturated heterocycles. The van der Waals surface area contributed by atoms with Crippen LogP contribution in [-0.2, 0) is 11.3 Å². The van der Waals surface area contributed by atoms with Crippen LogP contribution in [0, 0.1) is 18.7 Å². The number of ketones is 1. The van der Waals surface area contributed by atoms with E-state index in [2.05, 4.69) is 37.6 Å². The summed E-state index contributed by atoms with van der Waals surface area (Å²) < 4.78 is 26.3. The van der Waals surface area contributed by atoms with Crippen molar-refractivity contribution in [3.8, 4) is 22.8 Å². The van der Waals surface area contributed by atoms with Crippen LogP contribution in [0.1, 0.15) is 86.8 Å². The van der Waals surface area contributed by atoms with Crippen molar-refractivity contribution in [1.82, 2.24) is 9.88 Å². The smallest absolute Gasteiger partial charge is 0.343 e. The molecule has 41 heavy (non-hydrogen) atoms. The van der Waals surface area contributed by atoms with Gasteiger partial charge in [0.25, 0.3) is 0 Å². The van der Waals surface area contributed by atoms with E-state index in [4.69, 9.17) is 9.47 Å². The quantitative estimate of drug-likeness (QED) is 0.169. The topological polar surface area (TPSA) is 68.7 Å². The van der Waals surface area contributed by atoms with Gasteiger partial charge in [-0.1, -0.05) is 18.2 Å². The van der Waals surface area contributed by atoms with Gasteiger partial charge < -0.3 is 14.3 Å². The van der Waals surface area contributed by atoms with Crippen molar-refractivity contribution < 1.29 is 23.5 Å². The third-order valence-electron chi connectivity index (χ3n) is 7.87. The fourth-order valence-electron chi connectivity index (χ4n) is 5.59. The lowest BCUT2D eigenvalue weighted by Crippen LogP contribution is -2.36. The minimum Gasteiger partial charge on any atom is -0.481 e. The summed E-state index contributed by atoms with van der Waals surface area (Å²) in [6.45, 7) is 12.4. The first-order valence-electron chi connectivity index (χ1n) is 14.4. The third-order valence-corrected chi connectivity index (χ3v) is 7.87. The summed E-state index contributed by atoms with van der Waals surface area (Å²) in [4.78, 5) is 31.8. The Hall–Kier alpha value is -3.58. The van der Waals surface area contributed by atoms with E-state index in [9.17, 15) is 9.59 Å². The summed E-state index contributed by atoms with van der Waals surface area (Å²) in [5, 5.41) is 0. The molecule has 1 aromatic heterocycles. The number of aryl methyl sites for hydroxylation is 1. The fraction of sp³-hybridized carbons (Fsp3) is 0.441. The molecule has 0 aliphatic heterocycles. The Labute approximate surface area is 242 Å². The second-order valence-electron chi connectivity index (χ2n) is 11.7. The number of Topliss-reactive ketones (excluding diaryl/α,β-unsaturated/α-hetero) is 1. The Kier molecular flexibility index (Phi) is 9.59. The van der Waals surface area contributed by atoms with E-state index in [0.717, 1.165) is 30.2 Å². The van der Waals surface area contributed by atoms with Crippen LogP contribution >= 0.6 is 0 Å². The first kappa shape index (κ1) is 30.4. The summed E-state index contributed by atoms with van der Waals surface area (Å²) in [6, 6.07) is 13.2. The fourth-order valence-corrected chi connectivity index (χ4v) is 5.59. The summed E-state index contributed by atoms with van der Waals surface area (Å²) >= 11 is 0. The van der Waals surface area contributed by atoms with Crippen molar-refractivity contribution in [3.05, 3.63) is 76.7 Å². The number of halogens is 1. The molecule has 0 bridgehead atoms. The van der Waals surface area contributed by atoms with Gasteiger partial charge in [-0.15, -0.1) is 0 Å². The van der Waals surface area contributed by atoms with Gasteiger partial charge in [0.05, 0.1) is 18.9 Å². The van der Waals surface area contributed by atoms with Gasteiger partial charge in [0.2, 0.25) is 5.88 Å². The highest BCUT2D eigenvalue weighted by atomic mass is 19.1. The molecule has 3 aromatic rings. The number of esters is 1. The maximum absolute atomic E-state index is 15.1. The summed E-state index contributed by atoms with van der Waals surface area (Å²) in [5.41, 5.74) is 3.97. The average molecular weight is 561 g/mol. The third kappa shape index (κ3) is 7.39. The van der Waals surface area contributed by atoms with Gasteiger partial charge in [0, 0.05) is 36.7 Å². The lowest BCUT2D eigenvalue weighted by molar-refractivity contribution is -0.117. The van der Waals surface area contributed by atoms with Crippen molar-refractivity contribution >= 4 is 11.8 Å². The summed E-state index contributed by atoms with van der Waals surface area (Å²) in [7, 11) is 1.50. The maximum Gasteiger partial charge on any atom is 0.343 e. The maximum atomic E-state index is 15.1. The average Bonchev–Trinajstić information content (AvgIpc) is 3.76. The molecule has 1 fully saturated rings. The number of ether oxygens (including phenoxy) is 2. The van der Waals surface area contributed by atoms with E-state index in [0.29, 0.717) is 52.8 Å². The second kappa shape index (κ2) is 12.9. The Bertz CT molecular complexity index is 1410. The monoisotopic (exact) mass is 560 g/mol. The molecule has 0 amide bonds. The van der Waals surface area contributed by atoms with Crippen LogP contribution in [0.25, 0.3) is 11.1 Å². The van der Waals surface area contributed by atoms with Gasteiger partial charge in [-0.25, -0.2) is 14.2 Å². The molecule has 6 nitrogen and oxygen atoms in total. The highest BCUT2D eigenvalue weighted by Gasteiger charge is 2.33. The first-order valence-corrected chi connectivity index (χ1v) is 14.4. The normalized spacial score (nSPS) is 14.0. The molecule has 2 aromatic carbocycles. The summed E-state index contributed by atoms with van der Waals surface area (Å²) in [5.74, 6) is 0.622. The molecule has 1 saturated carbocycles. The lowest BCUT2D eigenvalue weighted by atomic mass is 9.89. The highest BCUT2D eigenvalue weighted by Crippen LogP contribution is 2.45. The number of methoxy groups -OCH3 is 1. The van der Waals surface area contributed by atoms with Crippen molar-refractivity contribution in [1.29, 1.82) is 0 Å². The molecule has 1 atom stereocenters. The Balaban J connectivity index is 1.71. The number of rotatable bonds is 12. The number of pyridine rings is 1. The van der Waals surface area contributed by atoms with Gasteiger partial charge in [-0.05, 0) is 107 Å². The zero-order valence-electron chi connectivity index (χ0n) is 25.2. The predicted octanol–water partition coefficient (Wildman–Crippen LogP) is 7.52. The molecule has 0 radical (unpaired) electrons. The van der Waals surface area contributed by atoms with Crippen molar-refractivity contribution in [2.45, 2.75) is 85.4 Å². The van der Waals surface area contributed by atoms with Crippen LogP contribution in [0.3, 0.4) is 0 Å². The first-order chi connectivity index (χ1) is 19.5. The van der Waals surface area contributed by atoms with Gasteiger partial charge in [0.15, 0.2) is 0 Å². The molecule has 4 rings (SSSR count). The Morgan fingerprint density at radius 2 is 1.76 bits per heavy atom. The van der Waals surface area contributed by atoms with Gasteiger partial charge in [-0.3, -0.25) is 4.90 Å². The number of hydrogen-bond donors (Lipinski definition) is 0. The summed E-state index contributed by atoms with van der Waals surface area (Å²) in [6.07, 6.45) is 3.88. The largest absolute Gasteiger partial charge is 0.481 e. The van der Waals surface area contributed by atoms with Crippen molar-refractivity contribution in [2.75, 3.05) is 7.11 Å². The van der Waals surface area contributed by atoms with E-state index in [1.807, 2.05) is 37.3 Å². The molecule has 1 aliphatic carbocycles. The Morgan fingerprint density at radius 1 is 1.05 bits per heavy atom. The molecule has 218 valence electrons. The van der Waals surface area contributed by atoms with E-state index in [1.165, 1.54) is 7.11 Å². The molecule has 0 N–H and O–H groups in total. The number of nitrogens with zero attached hydrogens (tertiary/aromatic N) is 2. The van der Waals surface area contributed by atoms with Gasteiger partial charge in [-0.2, -0.15) is 0 Å². The van der Waals surface area contributed by atoms with E-state index >= 15 is 4.39 Å². The molecule has 0 unspecified atom stereocenters. The van der Waals surface area contributed by atoms with Crippen LogP contribution in [0.15, 0.2) is 48.7 Å². The zero-order chi connectivity index (χ0) is 29.8. The van der Waals surface area contributed by atoms with Gasteiger partial charge >= 0.3 is 5.97 Å². The lowest BCUT2D eigenvalue weighted by Gasteiger charge is -2.31. The van der Waals surface area contributed by atoms with Crippen LogP contribution in [0.2, 0.25) is 0 Å². The van der Waals surface area contributed by atoms with Crippen molar-refractivity contribution in [2.24, 2.45) is 5.92 Å². The molecular weight excluding hydrogens is 519 g/mol. The molecule has 1 aliphatic rings. The minimum absolute atomic E-state index is 0.143. The molecule has 0 spiro atoms. The number of aromatic nitrogens is 1.